The average molecular weight is 401 g/mol. The van der Waals surface area contributed by atoms with Crippen LogP contribution in [0.4, 0.5) is 18.0 Å². The Morgan fingerprint density at radius 2 is 2.04 bits per heavy atom. The van der Waals surface area contributed by atoms with Crippen molar-refractivity contribution in [3.8, 4) is 0 Å². The molecule has 2 amide bonds. The Labute approximate surface area is 150 Å². The smallest absolute Gasteiger partial charge is 0.437 e. The molecule has 11 heteroatoms. The van der Waals surface area contributed by atoms with E-state index in [1.165, 1.54) is 30.4 Å². The first-order valence-corrected chi connectivity index (χ1v) is 7.76. The number of ether oxygens (including phenoxy) is 1. The highest BCUT2D eigenvalue weighted by atomic mass is 35.5. The first-order chi connectivity index (χ1) is 11.5. The molecule has 3 N–H and O–H groups in total. The molecular weight excluding hydrogens is 388 g/mol. The van der Waals surface area contributed by atoms with Gasteiger partial charge in [-0.05, 0) is 24.6 Å². The van der Waals surface area contributed by atoms with E-state index in [2.05, 4.69) is 10.1 Å². The summed E-state index contributed by atoms with van der Waals surface area (Å²) in [6, 6.07) is 0.901. The summed E-state index contributed by atoms with van der Waals surface area (Å²) in [7, 11) is 0. The van der Waals surface area contributed by atoms with Gasteiger partial charge in [-0.1, -0.05) is 29.3 Å². The number of hydrogen-bond acceptors (Lipinski definition) is 4. The molecule has 0 spiro atoms. The van der Waals surface area contributed by atoms with Gasteiger partial charge in [0, 0.05) is 10.0 Å². The number of benzene rings is 1. The second kappa shape index (κ2) is 6.89. The predicted molar refractivity (Wildman–Crippen MR) is 82.0 cm³/mol. The number of hydrogen-bond donors (Lipinski definition) is 3. The monoisotopic (exact) mass is 400 g/mol. The van der Waals surface area contributed by atoms with E-state index < -0.39 is 35.9 Å². The van der Waals surface area contributed by atoms with Crippen molar-refractivity contribution in [2.24, 2.45) is 5.92 Å². The summed E-state index contributed by atoms with van der Waals surface area (Å²) in [5, 5.41) is 13.8. The van der Waals surface area contributed by atoms with Crippen LogP contribution in [-0.2, 0) is 9.53 Å². The Balaban J connectivity index is 2.61. The fourth-order valence-corrected chi connectivity index (χ4v) is 3.08. The highest BCUT2D eigenvalue weighted by Crippen LogP contribution is 2.44. The highest BCUT2D eigenvalue weighted by molar-refractivity contribution is 6.35. The summed E-state index contributed by atoms with van der Waals surface area (Å²) >= 11 is 11.8. The van der Waals surface area contributed by atoms with E-state index in [1.54, 1.807) is 0 Å². The molecule has 1 aliphatic rings. The molecule has 0 saturated carbocycles. The zero-order valence-electron chi connectivity index (χ0n) is 12.7. The third kappa shape index (κ3) is 3.63. The van der Waals surface area contributed by atoms with Crippen LogP contribution < -0.4 is 10.6 Å². The van der Waals surface area contributed by atoms with Gasteiger partial charge in [0.1, 0.15) is 5.92 Å². The number of carbonyl (C=O) groups is 2. The maximum absolute atomic E-state index is 13.4. The second-order valence-electron chi connectivity index (χ2n) is 5.24. The van der Waals surface area contributed by atoms with Gasteiger partial charge in [0.15, 0.2) is 0 Å². The van der Waals surface area contributed by atoms with Crippen LogP contribution in [-0.4, -0.2) is 35.6 Å². The molecule has 6 nitrogen and oxygen atoms in total. The molecular formula is C14H13Cl2F3N2O4. The molecule has 1 aliphatic heterocycles. The first kappa shape index (κ1) is 19.6. The van der Waals surface area contributed by atoms with Gasteiger partial charge >= 0.3 is 18.2 Å². The van der Waals surface area contributed by atoms with Crippen LogP contribution in [0.1, 0.15) is 18.5 Å². The Morgan fingerprint density at radius 3 is 2.56 bits per heavy atom. The van der Waals surface area contributed by atoms with Gasteiger partial charge in [-0.25, -0.2) is 4.79 Å². The second-order valence-corrected chi connectivity index (χ2v) is 6.08. The average Bonchev–Trinajstić information content (AvgIpc) is 2.45. The molecule has 1 aromatic carbocycles. The Morgan fingerprint density at radius 1 is 1.40 bits per heavy atom. The summed E-state index contributed by atoms with van der Waals surface area (Å²) in [6.07, 6.45) is -5.35. The van der Waals surface area contributed by atoms with Gasteiger partial charge < -0.3 is 20.5 Å². The lowest BCUT2D eigenvalue weighted by Crippen LogP contribution is -2.73. The van der Waals surface area contributed by atoms with Crippen LogP contribution in [0.25, 0.3) is 0 Å². The van der Waals surface area contributed by atoms with Crippen LogP contribution in [0.3, 0.4) is 0 Å². The van der Waals surface area contributed by atoms with E-state index in [-0.39, 0.29) is 22.2 Å². The van der Waals surface area contributed by atoms with Gasteiger partial charge in [0.05, 0.1) is 12.6 Å². The van der Waals surface area contributed by atoms with E-state index >= 15 is 0 Å². The van der Waals surface area contributed by atoms with Crippen molar-refractivity contribution in [1.82, 2.24) is 10.6 Å². The van der Waals surface area contributed by atoms with Crippen LogP contribution in [0, 0.1) is 5.92 Å². The third-order valence-electron chi connectivity index (χ3n) is 3.64. The molecule has 25 heavy (non-hydrogen) atoms. The molecule has 1 fully saturated rings. The maximum atomic E-state index is 13.4. The summed E-state index contributed by atoms with van der Waals surface area (Å²) in [5.74, 6) is -3.59. The minimum absolute atomic E-state index is 0.0263. The topological polar surface area (TPSA) is 87.7 Å². The lowest BCUT2D eigenvalue weighted by molar-refractivity contribution is -0.294. The minimum atomic E-state index is -5.35. The number of aliphatic hydroxyl groups is 1. The van der Waals surface area contributed by atoms with E-state index in [4.69, 9.17) is 23.2 Å². The number of esters is 1. The van der Waals surface area contributed by atoms with Gasteiger partial charge in [-0.15, -0.1) is 0 Å². The van der Waals surface area contributed by atoms with Crippen LogP contribution in [0.15, 0.2) is 18.2 Å². The van der Waals surface area contributed by atoms with Crippen LogP contribution >= 0.6 is 23.2 Å². The Hall–Kier alpha value is -1.71. The highest BCUT2D eigenvalue weighted by Gasteiger charge is 2.67. The normalized spacial score (nSPS) is 26.6. The number of rotatable bonds is 3. The molecule has 0 bridgehead atoms. The van der Waals surface area contributed by atoms with Crippen molar-refractivity contribution < 1.29 is 32.6 Å². The van der Waals surface area contributed by atoms with Crippen molar-refractivity contribution in [3.63, 3.8) is 0 Å². The summed E-state index contributed by atoms with van der Waals surface area (Å²) in [4.78, 5) is 23.9. The van der Waals surface area contributed by atoms with Gasteiger partial charge in [0.25, 0.3) is 5.72 Å². The summed E-state index contributed by atoms with van der Waals surface area (Å²) in [6.45, 7) is 1.17. The lowest BCUT2D eigenvalue weighted by Gasteiger charge is -2.44. The molecule has 2 rings (SSSR count). The predicted octanol–water partition coefficient (Wildman–Crippen LogP) is 2.78. The van der Waals surface area contributed by atoms with Crippen molar-refractivity contribution in [1.29, 1.82) is 0 Å². The quantitative estimate of drug-likeness (QED) is 0.680. The maximum Gasteiger partial charge on any atom is 0.437 e. The fraction of sp³-hybridized carbons (Fsp3) is 0.429. The van der Waals surface area contributed by atoms with Crippen molar-refractivity contribution in [3.05, 3.63) is 33.8 Å². The van der Waals surface area contributed by atoms with Gasteiger partial charge in [0.2, 0.25) is 0 Å². The molecule has 0 aliphatic carbocycles. The van der Waals surface area contributed by atoms with Crippen molar-refractivity contribution in [2.75, 3.05) is 6.61 Å². The van der Waals surface area contributed by atoms with Crippen LogP contribution in [0.5, 0.6) is 0 Å². The summed E-state index contributed by atoms with van der Waals surface area (Å²) < 4.78 is 45.0. The zero-order valence-corrected chi connectivity index (χ0v) is 14.2. The van der Waals surface area contributed by atoms with Gasteiger partial charge in [-0.2, -0.15) is 13.2 Å². The number of nitrogens with one attached hydrogen (secondary N) is 2. The molecule has 3 atom stereocenters. The molecule has 0 radical (unpaired) electrons. The fourth-order valence-electron chi connectivity index (χ4n) is 2.55. The first-order valence-electron chi connectivity index (χ1n) is 7.00. The van der Waals surface area contributed by atoms with Crippen LogP contribution in [0.2, 0.25) is 10.0 Å². The molecule has 1 aromatic rings. The van der Waals surface area contributed by atoms with Gasteiger partial charge in [-0.3, -0.25) is 4.79 Å². The zero-order chi connectivity index (χ0) is 19.0. The van der Waals surface area contributed by atoms with E-state index in [0.29, 0.717) is 0 Å². The molecule has 0 unspecified atom stereocenters. The standard InChI is InChI=1S/C14H13Cl2F3N2O4/c1-2-25-11(22)9-10(7-4-3-6(15)5-8(7)16)20-12(23)21-13(9,24)14(17,18)19/h3-5,9-10,24H,2H2,1H3,(H2,20,21,23)/t9-,10+,13+/m1/s1. The number of alkyl halides is 3. The molecule has 1 saturated heterocycles. The molecule has 138 valence electrons. The number of halogens is 5. The van der Waals surface area contributed by atoms with Crippen molar-refractivity contribution in [2.45, 2.75) is 24.9 Å². The van der Waals surface area contributed by atoms with E-state index in [9.17, 15) is 27.9 Å². The number of amides is 2. The Bertz CT molecular complexity index is 701. The SMILES string of the molecule is CCOC(=O)[C@H]1[C@H](c2ccc(Cl)cc2Cl)NC(=O)N[C@@]1(O)C(F)(F)F. The largest absolute Gasteiger partial charge is 0.466 e. The number of carbonyl (C=O) groups excluding carboxylic acids is 2. The minimum Gasteiger partial charge on any atom is -0.466 e. The number of urea groups is 1. The van der Waals surface area contributed by atoms with E-state index in [0.717, 1.165) is 0 Å². The van der Waals surface area contributed by atoms with Crippen molar-refractivity contribution >= 4 is 35.2 Å². The molecule has 1 heterocycles. The summed E-state index contributed by atoms with van der Waals surface area (Å²) in [5.41, 5.74) is -3.86. The third-order valence-corrected chi connectivity index (χ3v) is 4.21. The Kier molecular flexibility index (Phi) is 5.41. The van der Waals surface area contributed by atoms with E-state index in [1.807, 2.05) is 0 Å². The lowest BCUT2D eigenvalue weighted by atomic mass is 9.82. The molecule has 0 aromatic heterocycles.